The lowest BCUT2D eigenvalue weighted by Crippen LogP contribution is -2.13. The van der Waals surface area contributed by atoms with Gasteiger partial charge in [0, 0.05) is 25.9 Å². The summed E-state index contributed by atoms with van der Waals surface area (Å²) in [6, 6.07) is 9.68. The number of hydrogen-bond acceptors (Lipinski definition) is 6. The third-order valence-electron chi connectivity index (χ3n) is 4.47. The van der Waals surface area contributed by atoms with Crippen LogP contribution in [0, 0.1) is 13.8 Å². The molecule has 0 saturated carbocycles. The number of benzene rings is 1. The van der Waals surface area contributed by atoms with E-state index in [9.17, 15) is 0 Å². The molecule has 6 heteroatoms. The number of pyridine rings is 1. The van der Waals surface area contributed by atoms with E-state index in [1.165, 1.54) is 0 Å². The first-order valence-electron chi connectivity index (χ1n) is 8.65. The molecule has 0 aliphatic heterocycles. The number of nitrogens with zero attached hydrogens (tertiary/aromatic N) is 4. The van der Waals surface area contributed by atoms with Crippen LogP contribution < -0.4 is 9.64 Å². The average Bonchev–Trinajstić information content (AvgIpc) is 3.12. The Labute approximate surface area is 157 Å². The quantitative estimate of drug-likeness (QED) is 0.523. The van der Waals surface area contributed by atoms with Gasteiger partial charge in [-0.1, -0.05) is 6.07 Å². The van der Waals surface area contributed by atoms with Crippen molar-refractivity contribution in [3.8, 4) is 22.8 Å². The second kappa shape index (κ2) is 6.72. The Morgan fingerprint density at radius 2 is 1.89 bits per heavy atom. The van der Waals surface area contributed by atoms with Gasteiger partial charge in [-0.25, -0.2) is 4.98 Å². The molecule has 4 rings (SSSR count). The van der Waals surface area contributed by atoms with Crippen molar-refractivity contribution in [2.75, 3.05) is 19.0 Å². The third-order valence-corrected chi connectivity index (χ3v) is 4.47. The molecule has 4 aromatic rings. The van der Waals surface area contributed by atoms with E-state index in [2.05, 4.69) is 28.2 Å². The lowest BCUT2D eigenvalue weighted by Gasteiger charge is -2.19. The third kappa shape index (κ3) is 3.10. The molecule has 0 radical (unpaired) electrons. The molecule has 3 heterocycles. The smallest absolute Gasteiger partial charge is 0.230 e. The number of ether oxygens (including phenoxy) is 1. The van der Waals surface area contributed by atoms with Crippen molar-refractivity contribution in [1.29, 1.82) is 0 Å². The molecular formula is C21H20N4O2. The molecule has 1 aromatic carbocycles. The molecule has 136 valence electrons. The van der Waals surface area contributed by atoms with Gasteiger partial charge in [0.05, 0.1) is 17.8 Å². The minimum absolute atomic E-state index is 0.532. The van der Waals surface area contributed by atoms with Crippen molar-refractivity contribution < 1.29 is 9.15 Å². The number of rotatable bonds is 4. The number of hydrogen-bond donors (Lipinski definition) is 0. The van der Waals surface area contributed by atoms with Crippen molar-refractivity contribution in [2.24, 2.45) is 0 Å². The molecule has 6 nitrogen and oxygen atoms in total. The monoisotopic (exact) mass is 360 g/mol. The van der Waals surface area contributed by atoms with Crippen molar-refractivity contribution in [3.05, 3.63) is 60.1 Å². The maximum absolute atomic E-state index is 6.02. The van der Waals surface area contributed by atoms with Crippen LogP contribution in [0.3, 0.4) is 0 Å². The van der Waals surface area contributed by atoms with Crippen LogP contribution in [-0.4, -0.2) is 29.3 Å². The van der Waals surface area contributed by atoms with Crippen LogP contribution in [0.2, 0.25) is 0 Å². The summed E-state index contributed by atoms with van der Waals surface area (Å²) in [4.78, 5) is 6.30. The van der Waals surface area contributed by atoms with Crippen molar-refractivity contribution in [1.82, 2.24) is 15.2 Å². The minimum atomic E-state index is 0.532. The highest BCUT2D eigenvalue weighted by molar-refractivity contribution is 5.83. The number of aromatic nitrogens is 3. The topological polar surface area (TPSA) is 64.3 Å². The molecule has 0 saturated heterocycles. The first-order valence-corrected chi connectivity index (χ1v) is 8.65. The van der Waals surface area contributed by atoms with Gasteiger partial charge in [-0.2, -0.15) is 5.10 Å². The second-order valence-electron chi connectivity index (χ2n) is 6.65. The van der Waals surface area contributed by atoms with Gasteiger partial charge in [-0.3, -0.25) is 0 Å². The molecular weight excluding hydrogens is 340 g/mol. The van der Waals surface area contributed by atoms with Crippen LogP contribution in [0.4, 0.5) is 5.82 Å². The molecule has 0 aliphatic rings. The predicted octanol–water partition coefficient (Wildman–Crippen LogP) is 4.76. The summed E-state index contributed by atoms with van der Waals surface area (Å²) >= 11 is 0. The fourth-order valence-corrected chi connectivity index (χ4v) is 3.15. The zero-order valence-corrected chi connectivity index (χ0v) is 15.7. The van der Waals surface area contributed by atoms with Crippen molar-refractivity contribution in [2.45, 2.75) is 13.8 Å². The number of fused-ring (bicyclic) bond motifs is 1. The predicted molar refractivity (Wildman–Crippen MR) is 105 cm³/mol. The summed E-state index contributed by atoms with van der Waals surface area (Å²) < 4.78 is 11.4. The van der Waals surface area contributed by atoms with Crippen LogP contribution in [0.15, 0.2) is 53.4 Å². The molecule has 0 unspecified atom stereocenters. The van der Waals surface area contributed by atoms with Gasteiger partial charge in [0.15, 0.2) is 5.82 Å². The second-order valence-corrected chi connectivity index (χ2v) is 6.65. The molecule has 0 bridgehead atoms. The van der Waals surface area contributed by atoms with E-state index in [0.717, 1.165) is 44.8 Å². The molecule has 0 aliphatic carbocycles. The summed E-state index contributed by atoms with van der Waals surface area (Å²) in [6.07, 6.45) is 5.10. The Morgan fingerprint density at radius 3 is 2.67 bits per heavy atom. The lowest BCUT2D eigenvalue weighted by atomic mass is 9.97. The number of furan rings is 1. The molecule has 3 aromatic heterocycles. The van der Waals surface area contributed by atoms with Crippen LogP contribution in [0.5, 0.6) is 11.6 Å². The molecule has 0 N–H and O–H groups in total. The summed E-state index contributed by atoms with van der Waals surface area (Å²) in [5.41, 5.74) is 5.10. The van der Waals surface area contributed by atoms with Gasteiger partial charge >= 0.3 is 0 Å². The fraction of sp³-hybridized carbons (Fsp3) is 0.190. The number of aryl methyl sites for hydroxylation is 2. The van der Waals surface area contributed by atoms with E-state index < -0.39 is 0 Å². The molecule has 0 spiro atoms. The molecule has 0 fully saturated rings. The Hall–Kier alpha value is -3.41. The Balaban J connectivity index is 1.73. The highest BCUT2D eigenvalue weighted by Crippen LogP contribution is 2.36. The average molecular weight is 360 g/mol. The van der Waals surface area contributed by atoms with Gasteiger partial charge in [0.1, 0.15) is 11.3 Å². The van der Waals surface area contributed by atoms with Crippen LogP contribution in [0.1, 0.15) is 11.1 Å². The Morgan fingerprint density at radius 1 is 1.04 bits per heavy atom. The summed E-state index contributed by atoms with van der Waals surface area (Å²) in [5, 5.41) is 9.23. The molecule has 0 atom stereocenters. The van der Waals surface area contributed by atoms with Gasteiger partial charge in [-0.15, -0.1) is 5.10 Å². The van der Waals surface area contributed by atoms with E-state index in [1.54, 1.807) is 18.7 Å². The van der Waals surface area contributed by atoms with Gasteiger partial charge < -0.3 is 14.1 Å². The van der Waals surface area contributed by atoms with Gasteiger partial charge in [0.25, 0.3) is 0 Å². The molecule has 0 amide bonds. The lowest BCUT2D eigenvalue weighted by molar-refractivity contribution is 0.468. The minimum Gasteiger partial charge on any atom is -0.464 e. The van der Waals surface area contributed by atoms with E-state index in [-0.39, 0.29) is 0 Å². The first-order chi connectivity index (χ1) is 13.0. The van der Waals surface area contributed by atoms with Crippen molar-refractivity contribution >= 4 is 16.8 Å². The normalized spacial score (nSPS) is 11.0. The summed E-state index contributed by atoms with van der Waals surface area (Å²) in [6.45, 7) is 4.11. The van der Waals surface area contributed by atoms with Gasteiger partial charge in [-0.05, 0) is 54.8 Å². The largest absolute Gasteiger partial charge is 0.464 e. The summed E-state index contributed by atoms with van der Waals surface area (Å²) in [5.74, 6) is 2.10. The van der Waals surface area contributed by atoms with Crippen LogP contribution in [-0.2, 0) is 0 Å². The maximum atomic E-state index is 6.02. The Bertz CT molecular complexity index is 1120. The van der Waals surface area contributed by atoms with E-state index in [1.807, 2.05) is 50.2 Å². The fourth-order valence-electron chi connectivity index (χ4n) is 3.15. The standard InChI is InChI=1S/C21H20N4O2/c1-13-11-15(27-21-17-8-10-26-18(17)7-9-22-21)5-6-16(13)19-14(2)12-23-24-20(19)25(3)4/h5-12H,1-4H3. The number of anilines is 1. The first kappa shape index (κ1) is 17.0. The van der Waals surface area contributed by atoms with E-state index in [0.29, 0.717) is 5.88 Å². The van der Waals surface area contributed by atoms with E-state index >= 15 is 0 Å². The zero-order valence-electron chi connectivity index (χ0n) is 15.7. The van der Waals surface area contributed by atoms with Crippen LogP contribution in [0.25, 0.3) is 22.1 Å². The van der Waals surface area contributed by atoms with Crippen LogP contribution >= 0.6 is 0 Å². The SMILES string of the molecule is Cc1cc(Oc2nccc3occc23)ccc1-c1c(C)cnnc1N(C)C. The Kier molecular flexibility index (Phi) is 4.24. The highest BCUT2D eigenvalue weighted by atomic mass is 16.5. The summed E-state index contributed by atoms with van der Waals surface area (Å²) in [7, 11) is 3.94. The van der Waals surface area contributed by atoms with Crippen molar-refractivity contribution in [3.63, 3.8) is 0 Å². The zero-order chi connectivity index (χ0) is 19.0. The molecule has 27 heavy (non-hydrogen) atoms. The maximum Gasteiger partial charge on any atom is 0.230 e. The van der Waals surface area contributed by atoms with E-state index in [4.69, 9.17) is 9.15 Å². The van der Waals surface area contributed by atoms with Gasteiger partial charge in [0.2, 0.25) is 5.88 Å². The highest BCUT2D eigenvalue weighted by Gasteiger charge is 2.15.